The van der Waals surface area contributed by atoms with E-state index in [1.807, 2.05) is 42.5 Å². The Bertz CT molecular complexity index is 1760. The van der Waals surface area contributed by atoms with Crippen molar-refractivity contribution in [1.29, 1.82) is 0 Å². The SMILES string of the molecule is CCOC(=O)C1=C(C)N=c2sc(=Cc3ccccc3OCc3cccc(Cl)c3)c(=O)n2[C@H]1c1ccc(F)cc1. The van der Waals surface area contributed by atoms with Gasteiger partial charge in [0.1, 0.15) is 18.2 Å². The smallest absolute Gasteiger partial charge is 0.338 e. The molecule has 1 aliphatic heterocycles. The van der Waals surface area contributed by atoms with Crippen LogP contribution in [0.5, 0.6) is 5.75 Å². The highest BCUT2D eigenvalue weighted by molar-refractivity contribution is 7.07. The highest BCUT2D eigenvalue weighted by atomic mass is 35.5. The summed E-state index contributed by atoms with van der Waals surface area (Å²) in [7, 11) is 0. The molecule has 1 atom stereocenters. The maximum atomic E-state index is 13.8. The average Bonchev–Trinajstić information content (AvgIpc) is 3.22. The molecule has 1 aliphatic rings. The summed E-state index contributed by atoms with van der Waals surface area (Å²) >= 11 is 7.31. The van der Waals surface area contributed by atoms with Crippen molar-refractivity contribution in [1.82, 2.24) is 4.57 Å². The van der Waals surface area contributed by atoms with Crippen LogP contribution in [0.25, 0.3) is 6.08 Å². The third kappa shape index (κ3) is 5.57. The summed E-state index contributed by atoms with van der Waals surface area (Å²) in [6, 6.07) is 19.7. The third-order valence-electron chi connectivity index (χ3n) is 6.19. The lowest BCUT2D eigenvalue weighted by atomic mass is 9.96. The number of benzene rings is 3. The number of hydrogen-bond donors (Lipinski definition) is 0. The van der Waals surface area contributed by atoms with Crippen molar-refractivity contribution in [2.45, 2.75) is 26.5 Å². The largest absolute Gasteiger partial charge is 0.488 e. The van der Waals surface area contributed by atoms with Crippen LogP contribution in [-0.4, -0.2) is 17.1 Å². The number of carbonyl (C=O) groups is 1. The molecule has 0 radical (unpaired) electrons. The van der Waals surface area contributed by atoms with Crippen LogP contribution in [-0.2, 0) is 16.1 Å². The molecule has 0 aliphatic carbocycles. The van der Waals surface area contributed by atoms with E-state index in [-0.39, 0.29) is 17.7 Å². The van der Waals surface area contributed by atoms with Crippen LogP contribution in [0, 0.1) is 5.82 Å². The second kappa shape index (κ2) is 11.4. The van der Waals surface area contributed by atoms with Gasteiger partial charge in [0.2, 0.25) is 0 Å². The number of fused-ring (bicyclic) bond motifs is 1. The number of rotatable bonds is 7. The highest BCUT2D eigenvalue weighted by Gasteiger charge is 2.33. The van der Waals surface area contributed by atoms with Gasteiger partial charge in [0.05, 0.1) is 28.5 Å². The van der Waals surface area contributed by atoms with Crippen molar-refractivity contribution in [2.75, 3.05) is 6.61 Å². The summed E-state index contributed by atoms with van der Waals surface area (Å²) < 4.78 is 27.0. The number of aromatic nitrogens is 1. The Morgan fingerprint density at radius 3 is 2.64 bits per heavy atom. The first kappa shape index (κ1) is 26.6. The van der Waals surface area contributed by atoms with Gasteiger partial charge in [0.15, 0.2) is 4.80 Å². The lowest BCUT2D eigenvalue weighted by Crippen LogP contribution is -2.39. The van der Waals surface area contributed by atoms with Crippen LogP contribution in [0.15, 0.2) is 93.9 Å². The summed E-state index contributed by atoms with van der Waals surface area (Å²) in [6.45, 7) is 3.89. The number of ether oxygens (including phenoxy) is 2. The average molecular weight is 563 g/mol. The van der Waals surface area contributed by atoms with E-state index >= 15 is 0 Å². The molecule has 0 bridgehead atoms. The normalized spacial score (nSPS) is 15.1. The summed E-state index contributed by atoms with van der Waals surface area (Å²) in [5.74, 6) is -0.386. The van der Waals surface area contributed by atoms with Gasteiger partial charge in [0, 0.05) is 10.6 Å². The minimum atomic E-state index is -0.808. The van der Waals surface area contributed by atoms with Crippen molar-refractivity contribution in [3.8, 4) is 5.75 Å². The summed E-state index contributed by atoms with van der Waals surface area (Å²) in [5, 5.41) is 0.624. The number of esters is 1. The first-order valence-corrected chi connectivity index (χ1v) is 13.5. The zero-order valence-electron chi connectivity index (χ0n) is 21.2. The number of hydrogen-bond acceptors (Lipinski definition) is 6. The topological polar surface area (TPSA) is 69.9 Å². The standard InChI is InChI=1S/C30H24ClFN2O4S/c1-3-37-29(36)26-18(2)33-30-34(27(26)20-11-13-23(32)14-12-20)28(35)25(39-30)16-21-8-4-5-10-24(21)38-17-19-7-6-9-22(31)15-19/h4-16,27H,3,17H2,1-2H3/t27-/m0/s1. The van der Waals surface area contributed by atoms with Crippen LogP contribution < -0.4 is 19.6 Å². The molecule has 0 saturated heterocycles. The second-order valence-electron chi connectivity index (χ2n) is 8.81. The number of para-hydroxylation sites is 1. The van der Waals surface area contributed by atoms with E-state index in [0.717, 1.165) is 5.56 Å². The minimum absolute atomic E-state index is 0.169. The molecule has 0 amide bonds. The van der Waals surface area contributed by atoms with Crippen LogP contribution >= 0.6 is 22.9 Å². The molecule has 198 valence electrons. The first-order chi connectivity index (χ1) is 18.9. The third-order valence-corrected chi connectivity index (χ3v) is 7.41. The number of halogens is 2. The van der Waals surface area contributed by atoms with Crippen LogP contribution in [0.1, 0.15) is 36.6 Å². The first-order valence-electron chi connectivity index (χ1n) is 12.3. The minimum Gasteiger partial charge on any atom is -0.488 e. The van der Waals surface area contributed by atoms with Crippen LogP contribution in [0.3, 0.4) is 0 Å². The molecule has 0 unspecified atom stereocenters. The van der Waals surface area contributed by atoms with Crippen molar-refractivity contribution < 1.29 is 18.7 Å². The van der Waals surface area contributed by atoms with Gasteiger partial charge in [-0.05, 0) is 61.4 Å². The van der Waals surface area contributed by atoms with Crippen molar-refractivity contribution in [2.24, 2.45) is 4.99 Å². The molecule has 0 N–H and O–H groups in total. The van der Waals surface area contributed by atoms with Crippen molar-refractivity contribution >= 4 is 35.0 Å². The van der Waals surface area contributed by atoms with Crippen LogP contribution in [0.2, 0.25) is 5.02 Å². The molecule has 39 heavy (non-hydrogen) atoms. The van der Waals surface area contributed by atoms with E-state index in [0.29, 0.717) is 43.5 Å². The molecule has 0 fully saturated rings. The zero-order chi connectivity index (χ0) is 27.5. The Labute approximate surface area is 232 Å². The monoisotopic (exact) mass is 562 g/mol. The second-order valence-corrected chi connectivity index (χ2v) is 10.3. The lowest BCUT2D eigenvalue weighted by molar-refractivity contribution is -0.139. The molecule has 4 aromatic rings. The van der Waals surface area contributed by atoms with E-state index in [1.54, 1.807) is 38.1 Å². The van der Waals surface area contributed by atoms with Crippen molar-refractivity contribution in [3.05, 3.63) is 131 Å². The van der Waals surface area contributed by atoms with E-state index in [4.69, 9.17) is 21.1 Å². The Morgan fingerprint density at radius 1 is 1.13 bits per heavy atom. The number of carbonyl (C=O) groups excluding carboxylic acids is 1. The summed E-state index contributed by atoms with van der Waals surface area (Å²) in [5.41, 5.74) is 2.56. The van der Waals surface area contributed by atoms with Gasteiger partial charge in [0.25, 0.3) is 5.56 Å². The Morgan fingerprint density at radius 2 is 1.90 bits per heavy atom. The molecule has 0 spiro atoms. The van der Waals surface area contributed by atoms with Gasteiger partial charge in [-0.1, -0.05) is 65.4 Å². The molecule has 2 heterocycles. The molecular weight excluding hydrogens is 539 g/mol. The summed E-state index contributed by atoms with van der Waals surface area (Å²) in [6.07, 6.45) is 1.75. The molecule has 1 aromatic heterocycles. The summed E-state index contributed by atoms with van der Waals surface area (Å²) in [4.78, 5) is 31.8. The number of allylic oxidation sites excluding steroid dienone is 1. The van der Waals surface area contributed by atoms with Gasteiger partial charge >= 0.3 is 5.97 Å². The Hall–Kier alpha value is -4.01. The predicted molar refractivity (Wildman–Crippen MR) is 149 cm³/mol. The zero-order valence-corrected chi connectivity index (χ0v) is 22.8. The fourth-order valence-electron chi connectivity index (χ4n) is 4.41. The Kier molecular flexibility index (Phi) is 7.77. The van der Waals surface area contributed by atoms with Gasteiger partial charge < -0.3 is 9.47 Å². The molecule has 0 saturated carbocycles. The lowest BCUT2D eigenvalue weighted by Gasteiger charge is -2.24. The van der Waals surface area contributed by atoms with E-state index in [9.17, 15) is 14.0 Å². The molecule has 5 rings (SSSR count). The fraction of sp³-hybridized carbons (Fsp3) is 0.167. The van der Waals surface area contributed by atoms with Crippen molar-refractivity contribution in [3.63, 3.8) is 0 Å². The Balaban J connectivity index is 1.59. The number of thiazole rings is 1. The van der Waals surface area contributed by atoms with Gasteiger partial charge in [-0.3, -0.25) is 9.36 Å². The quantitative estimate of drug-likeness (QED) is 0.291. The van der Waals surface area contributed by atoms with Crippen LogP contribution in [0.4, 0.5) is 4.39 Å². The van der Waals surface area contributed by atoms with Gasteiger partial charge in [-0.2, -0.15) is 0 Å². The van der Waals surface area contributed by atoms with Gasteiger partial charge in [-0.15, -0.1) is 0 Å². The molecule has 6 nitrogen and oxygen atoms in total. The fourth-order valence-corrected chi connectivity index (χ4v) is 5.66. The molecule has 9 heteroatoms. The molecule has 3 aromatic carbocycles. The van der Waals surface area contributed by atoms with E-state index in [2.05, 4.69) is 4.99 Å². The predicted octanol–water partition coefficient (Wildman–Crippen LogP) is 5.17. The maximum absolute atomic E-state index is 13.8. The van der Waals surface area contributed by atoms with E-state index in [1.165, 1.54) is 28.0 Å². The highest BCUT2D eigenvalue weighted by Crippen LogP contribution is 2.31. The van der Waals surface area contributed by atoms with E-state index < -0.39 is 17.8 Å². The molecular formula is C30H24ClFN2O4S. The maximum Gasteiger partial charge on any atom is 0.338 e. The van der Waals surface area contributed by atoms with Gasteiger partial charge in [-0.25, -0.2) is 14.2 Å². The number of nitrogens with zero attached hydrogens (tertiary/aromatic N) is 2.